The van der Waals surface area contributed by atoms with Gasteiger partial charge in [-0.05, 0) is 31.9 Å². The van der Waals surface area contributed by atoms with E-state index in [9.17, 15) is 17.2 Å². The van der Waals surface area contributed by atoms with Crippen molar-refractivity contribution >= 4 is 19.7 Å². The molecule has 0 bridgehead atoms. The molecule has 1 aromatic carbocycles. The molecule has 20 heavy (non-hydrogen) atoms. The zero-order chi connectivity index (χ0) is 14.9. The Kier molecular flexibility index (Phi) is 4.51. The zero-order valence-corrected chi connectivity index (χ0v) is 12.2. The number of hydrogen-bond donors (Lipinski definition) is 0. The molecule has 1 aliphatic rings. The minimum Gasteiger partial charge on any atom is -0.485 e. The number of benzene rings is 1. The van der Waals surface area contributed by atoms with Crippen LogP contribution in [0.5, 0.6) is 5.75 Å². The molecule has 0 saturated carbocycles. The molecule has 0 radical (unpaired) electrons. The highest BCUT2D eigenvalue weighted by molar-refractivity contribution is 8.13. The first-order chi connectivity index (χ1) is 9.27. The highest BCUT2D eigenvalue weighted by atomic mass is 35.7. The van der Waals surface area contributed by atoms with Crippen LogP contribution in [0.3, 0.4) is 0 Å². The largest absolute Gasteiger partial charge is 0.485 e. The second-order valence-corrected chi connectivity index (χ2v) is 7.18. The van der Waals surface area contributed by atoms with Crippen molar-refractivity contribution in [1.82, 2.24) is 0 Å². The summed E-state index contributed by atoms with van der Waals surface area (Å²) < 4.78 is 59.9. The lowest BCUT2D eigenvalue weighted by Gasteiger charge is -2.14. The van der Waals surface area contributed by atoms with Crippen molar-refractivity contribution in [3.63, 3.8) is 0 Å². The highest BCUT2D eigenvalue weighted by Gasteiger charge is 2.24. The number of halogens is 3. The average Bonchev–Trinajstić information content (AvgIpc) is 2.72. The van der Waals surface area contributed by atoms with Gasteiger partial charge in [0.2, 0.25) is 0 Å². The summed E-state index contributed by atoms with van der Waals surface area (Å²) in [4.78, 5) is -0.646. The van der Waals surface area contributed by atoms with Gasteiger partial charge in [0.25, 0.3) is 9.05 Å². The summed E-state index contributed by atoms with van der Waals surface area (Å²) in [5.41, 5.74) is 0. The van der Waals surface area contributed by atoms with E-state index >= 15 is 0 Å². The number of rotatable bonds is 4. The van der Waals surface area contributed by atoms with E-state index < -0.39 is 31.3 Å². The summed E-state index contributed by atoms with van der Waals surface area (Å²) in [6.07, 6.45) is 1.49. The summed E-state index contributed by atoms with van der Waals surface area (Å²) in [6, 6.07) is 1.25. The standard InChI is InChI=1S/C12H13ClF2O4S/c1-7-2-3-8(19-7)6-18-12-10(14)4-9(5-11(12)15)20(13,16)17/h4-5,7-8H,2-3,6H2,1H3. The lowest BCUT2D eigenvalue weighted by Crippen LogP contribution is -2.18. The Morgan fingerprint density at radius 1 is 1.35 bits per heavy atom. The van der Waals surface area contributed by atoms with Crippen LogP contribution in [0, 0.1) is 11.6 Å². The third-order valence-electron chi connectivity index (χ3n) is 2.99. The molecule has 1 aromatic rings. The SMILES string of the molecule is CC1CCC(COc2c(F)cc(S(=O)(=O)Cl)cc2F)O1. The third-order valence-corrected chi connectivity index (χ3v) is 4.32. The molecular weight excluding hydrogens is 314 g/mol. The molecule has 112 valence electrons. The van der Waals surface area contributed by atoms with Gasteiger partial charge in [-0.1, -0.05) is 0 Å². The Hall–Kier alpha value is -0.920. The predicted octanol–water partition coefficient (Wildman–Crippen LogP) is 2.84. The van der Waals surface area contributed by atoms with Gasteiger partial charge in [-0.25, -0.2) is 17.2 Å². The Labute approximate surface area is 120 Å². The van der Waals surface area contributed by atoms with E-state index in [4.69, 9.17) is 20.2 Å². The Morgan fingerprint density at radius 2 is 1.95 bits per heavy atom. The van der Waals surface area contributed by atoms with Crippen LogP contribution in [0.4, 0.5) is 8.78 Å². The first kappa shape index (κ1) is 15.5. The van der Waals surface area contributed by atoms with Crippen molar-refractivity contribution in [2.75, 3.05) is 6.61 Å². The fraction of sp³-hybridized carbons (Fsp3) is 0.500. The van der Waals surface area contributed by atoms with Crippen molar-refractivity contribution in [2.24, 2.45) is 0 Å². The second kappa shape index (κ2) is 5.83. The first-order valence-corrected chi connectivity index (χ1v) is 8.30. The van der Waals surface area contributed by atoms with E-state index in [-0.39, 0.29) is 18.8 Å². The van der Waals surface area contributed by atoms with E-state index in [0.717, 1.165) is 12.8 Å². The van der Waals surface area contributed by atoms with Gasteiger partial charge in [0.15, 0.2) is 17.4 Å². The number of ether oxygens (including phenoxy) is 2. The van der Waals surface area contributed by atoms with E-state index in [2.05, 4.69) is 0 Å². The Balaban J connectivity index is 2.13. The Bertz CT molecular complexity index is 582. The van der Waals surface area contributed by atoms with Gasteiger partial charge in [0.05, 0.1) is 17.1 Å². The molecule has 0 aromatic heterocycles. The zero-order valence-electron chi connectivity index (χ0n) is 10.6. The van der Waals surface area contributed by atoms with Crippen LogP contribution in [-0.2, 0) is 13.8 Å². The molecule has 8 heteroatoms. The molecule has 1 aliphatic heterocycles. The van der Waals surface area contributed by atoms with Gasteiger partial charge in [0, 0.05) is 10.7 Å². The molecule has 1 saturated heterocycles. The summed E-state index contributed by atoms with van der Waals surface area (Å²) in [6.45, 7) is 1.91. The van der Waals surface area contributed by atoms with Gasteiger partial charge in [-0.3, -0.25) is 0 Å². The van der Waals surface area contributed by atoms with E-state index in [1.54, 1.807) is 0 Å². The smallest absolute Gasteiger partial charge is 0.261 e. The molecule has 1 fully saturated rings. The van der Waals surface area contributed by atoms with Crippen LogP contribution in [0.15, 0.2) is 17.0 Å². The molecule has 0 aliphatic carbocycles. The topological polar surface area (TPSA) is 52.6 Å². The summed E-state index contributed by atoms with van der Waals surface area (Å²) in [5, 5.41) is 0. The van der Waals surface area contributed by atoms with Crippen LogP contribution < -0.4 is 4.74 Å². The van der Waals surface area contributed by atoms with Gasteiger partial charge < -0.3 is 9.47 Å². The monoisotopic (exact) mass is 326 g/mol. The quantitative estimate of drug-likeness (QED) is 0.798. The number of hydrogen-bond acceptors (Lipinski definition) is 4. The van der Waals surface area contributed by atoms with Crippen LogP contribution in [-0.4, -0.2) is 27.2 Å². The van der Waals surface area contributed by atoms with Crippen LogP contribution in [0.1, 0.15) is 19.8 Å². The van der Waals surface area contributed by atoms with E-state index in [1.165, 1.54) is 0 Å². The Morgan fingerprint density at radius 3 is 2.40 bits per heavy atom. The third kappa shape index (κ3) is 3.59. The normalized spacial score (nSPS) is 23.0. The first-order valence-electron chi connectivity index (χ1n) is 5.99. The van der Waals surface area contributed by atoms with Crippen LogP contribution in [0.2, 0.25) is 0 Å². The summed E-state index contributed by atoms with van der Waals surface area (Å²) in [7, 11) is 0.839. The lowest BCUT2D eigenvalue weighted by atomic mass is 10.2. The molecule has 1 heterocycles. The van der Waals surface area contributed by atoms with Crippen molar-refractivity contribution in [1.29, 1.82) is 0 Å². The van der Waals surface area contributed by atoms with Crippen molar-refractivity contribution in [3.05, 3.63) is 23.8 Å². The molecule has 0 spiro atoms. The molecule has 0 amide bonds. The molecule has 2 atom stereocenters. The average molecular weight is 327 g/mol. The van der Waals surface area contributed by atoms with Crippen molar-refractivity contribution in [2.45, 2.75) is 36.9 Å². The van der Waals surface area contributed by atoms with Crippen molar-refractivity contribution < 1.29 is 26.7 Å². The molecule has 4 nitrogen and oxygen atoms in total. The van der Waals surface area contributed by atoms with Gasteiger partial charge >= 0.3 is 0 Å². The highest BCUT2D eigenvalue weighted by Crippen LogP contribution is 2.28. The maximum Gasteiger partial charge on any atom is 0.261 e. The fourth-order valence-corrected chi connectivity index (χ4v) is 2.76. The molecular formula is C12H13ClF2O4S. The van der Waals surface area contributed by atoms with Crippen molar-refractivity contribution in [3.8, 4) is 5.75 Å². The van der Waals surface area contributed by atoms with Gasteiger partial charge in [0.1, 0.15) is 6.61 Å². The van der Waals surface area contributed by atoms with E-state index in [1.807, 2.05) is 6.92 Å². The van der Waals surface area contributed by atoms with Gasteiger partial charge in [-0.15, -0.1) is 0 Å². The fourth-order valence-electron chi connectivity index (χ4n) is 2.00. The molecule has 2 unspecified atom stereocenters. The second-order valence-electron chi connectivity index (χ2n) is 4.61. The van der Waals surface area contributed by atoms with E-state index in [0.29, 0.717) is 12.1 Å². The predicted molar refractivity (Wildman–Crippen MR) is 68.5 cm³/mol. The molecule has 2 rings (SSSR count). The minimum atomic E-state index is -4.19. The maximum absolute atomic E-state index is 13.7. The van der Waals surface area contributed by atoms with Crippen LogP contribution in [0.25, 0.3) is 0 Å². The summed E-state index contributed by atoms with van der Waals surface area (Å²) in [5.74, 6) is -2.86. The molecule has 0 N–H and O–H groups in total. The maximum atomic E-state index is 13.7. The minimum absolute atomic E-state index is 0.00511. The van der Waals surface area contributed by atoms with Crippen LogP contribution >= 0.6 is 10.7 Å². The lowest BCUT2D eigenvalue weighted by molar-refractivity contribution is 0.0246. The summed E-state index contributed by atoms with van der Waals surface area (Å²) >= 11 is 0. The van der Waals surface area contributed by atoms with Gasteiger partial charge in [-0.2, -0.15) is 0 Å².